The molecule has 0 fully saturated rings. The lowest BCUT2D eigenvalue weighted by atomic mass is 10.1. The van der Waals surface area contributed by atoms with Gasteiger partial charge >= 0.3 is 0 Å². The number of amides is 1. The molecule has 0 aliphatic rings. The van der Waals surface area contributed by atoms with E-state index in [1.807, 2.05) is 6.92 Å². The Kier molecular flexibility index (Phi) is 5.11. The monoisotopic (exact) mass is 348 g/mol. The van der Waals surface area contributed by atoms with Crippen LogP contribution in [0.5, 0.6) is 0 Å². The van der Waals surface area contributed by atoms with E-state index in [2.05, 4.69) is 15.9 Å². The standard InChI is InChI=1S/C12H17BrN2O3S/c1-4-5-15(3)12(16)10-6-9(13)7-11(8(10)2)19(14,17)18/h6-7H,4-5H2,1-3H3,(H2,14,17,18). The Morgan fingerprint density at radius 1 is 1.42 bits per heavy atom. The summed E-state index contributed by atoms with van der Waals surface area (Å²) in [7, 11) is -2.17. The second-order valence-corrected chi connectivity index (χ2v) is 6.79. The van der Waals surface area contributed by atoms with Crippen LogP contribution in [0.2, 0.25) is 0 Å². The summed E-state index contributed by atoms with van der Waals surface area (Å²) in [6.07, 6.45) is 0.831. The number of hydrogen-bond donors (Lipinski definition) is 1. The van der Waals surface area contributed by atoms with E-state index in [1.54, 1.807) is 24.9 Å². The number of carbonyl (C=O) groups excluding carboxylic acids is 1. The Hall–Kier alpha value is -0.920. The molecule has 2 N–H and O–H groups in total. The number of nitrogens with two attached hydrogens (primary N) is 1. The van der Waals surface area contributed by atoms with Gasteiger partial charge in [0.15, 0.2) is 0 Å². The van der Waals surface area contributed by atoms with E-state index in [4.69, 9.17) is 5.14 Å². The minimum atomic E-state index is -3.85. The Labute approximate surface area is 122 Å². The summed E-state index contributed by atoms with van der Waals surface area (Å²) >= 11 is 3.21. The fraction of sp³-hybridized carbons (Fsp3) is 0.417. The van der Waals surface area contributed by atoms with Gasteiger partial charge in [0, 0.05) is 23.6 Å². The first-order chi connectivity index (χ1) is 8.68. The molecule has 0 heterocycles. The molecule has 1 aromatic carbocycles. The molecule has 7 heteroatoms. The molecule has 0 aliphatic heterocycles. The number of rotatable bonds is 4. The van der Waals surface area contributed by atoms with Gasteiger partial charge < -0.3 is 4.90 Å². The minimum Gasteiger partial charge on any atom is -0.342 e. The number of benzene rings is 1. The highest BCUT2D eigenvalue weighted by Gasteiger charge is 2.21. The number of halogens is 1. The first-order valence-corrected chi connectivity index (χ1v) is 8.10. The molecule has 0 atom stereocenters. The summed E-state index contributed by atoms with van der Waals surface area (Å²) in [6, 6.07) is 3.01. The molecule has 1 amide bonds. The van der Waals surface area contributed by atoms with Crippen molar-refractivity contribution in [3.05, 3.63) is 27.7 Å². The van der Waals surface area contributed by atoms with Crippen molar-refractivity contribution in [2.45, 2.75) is 25.2 Å². The highest BCUT2D eigenvalue weighted by Crippen LogP contribution is 2.24. The van der Waals surface area contributed by atoms with Gasteiger partial charge in [0.25, 0.3) is 5.91 Å². The number of hydrogen-bond acceptors (Lipinski definition) is 3. The van der Waals surface area contributed by atoms with Crippen LogP contribution in [0.15, 0.2) is 21.5 Å². The van der Waals surface area contributed by atoms with E-state index in [0.717, 1.165) is 6.42 Å². The largest absolute Gasteiger partial charge is 0.342 e. The first kappa shape index (κ1) is 16.1. The summed E-state index contributed by atoms with van der Waals surface area (Å²) < 4.78 is 23.5. The van der Waals surface area contributed by atoms with Gasteiger partial charge in [0.2, 0.25) is 10.0 Å². The van der Waals surface area contributed by atoms with Crippen LogP contribution in [-0.2, 0) is 10.0 Å². The average Bonchev–Trinajstić information content (AvgIpc) is 2.29. The van der Waals surface area contributed by atoms with Crippen molar-refractivity contribution in [3.8, 4) is 0 Å². The van der Waals surface area contributed by atoms with Crippen molar-refractivity contribution in [1.29, 1.82) is 0 Å². The van der Waals surface area contributed by atoms with Gasteiger partial charge in [-0.2, -0.15) is 0 Å². The fourth-order valence-electron chi connectivity index (χ4n) is 1.81. The molecular formula is C12H17BrN2O3S. The summed E-state index contributed by atoms with van der Waals surface area (Å²) in [5, 5.41) is 5.16. The number of nitrogens with zero attached hydrogens (tertiary/aromatic N) is 1. The lowest BCUT2D eigenvalue weighted by Crippen LogP contribution is -2.28. The summed E-state index contributed by atoms with van der Waals surface area (Å²) in [5.41, 5.74) is 0.716. The SMILES string of the molecule is CCCN(C)C(=O)c1cc(Br)cc(S(N)(=O)=O)c1C. The van der Waals surface area contributed by atoms with Crippen LogP contribution in [0, 0.1) is 6.92 Å². The number of sulfonamides is 1. The van der Waals surface area contributed by atoms with Crippen LogP contribution < -0.4 is 5.14 Å². The molecule has 0 unspecified atom stereocenters. The van der Waals surface area contributed by atoms with Gasteiger partial charge in [-0.15, -0.1) is 0 Å². The highest BCUT2D eigenvalue weighted by atomic mass is 79.9. The molecule has 106 valence electrons. The van der Waals surface area contributed by atoms with E-state index < -0.39 is 10.0 Å². The Morgan fingerprint density at radius 3 is 2.47 bits per heavy atom. The van der Waals surface area contributed by atoms with Gasteiger partial charge in [-0.05, 0) is 31.0 Å². The van der Waals surface area contributed by atoms with E-state index in [9.17, 15) is 13.2 Å². The van der Waals surface area contributed by atoms with Gasteiger partial charge in [-0.25, -0.2) is 13.6 Å². The molecule has 0 bridgehead atoms. The lowest BCUT2D eigenvalue weighted by Gasteiger charge is -2.18. The van der Waals surface area contributed by atoms with Crippen LogP contribution in [0.3, 0.4) is 0 Å². The van der Waals surface area contributed by atoms with Gasteiger partial charge in [0.1, 0.15) is 0 Å². The van der Waals surface area contributed by atoms with E-state index >= 15 is 0 Å². The van der Waals surface area contributed by atoms with Crippen LogP contribution in [0.1, 0.15) is 29.3 Å². The first-order valence-electron chi connectivity index (χ1n) is 5.77. The third kappa shape index (κ3) is 3.77. The maximum Gasteiger partial charge on any atom is 0.253 e. The smallest absolute Gasteiger partial charge is 0.253 e. The van der Waals surface area contributed by atoms with Crippen LogP contribution in [0.25, 0.3) is 0 Å². The van der Waals surface area contributed by atoms with Crippen molar-refractivity contribution in [2.75, 3.05) is 13.6 Å². The zero-order chi connectivity index (χ0) is 14.8. The van der Waals surface area contributed by atoms with Crippen molar-refractivity contribution >= 4 is 31.9 Å². The Morgan fingerprint density at radius 2 is 2.00 bits per heavy atom. The maximum atomic E-state index is 12.3. The molecule has 19 heavy (non-hydrogen) atoms. The molecule has 1 rings (SSSR count). The van der Waals surface area contributed by atoms with Gasteiger partial charge in [0.05, 0.1) is 4.90 Å². The van der Waals surface area contributed by atoms with Gasteiger partial charge in [-0.1, -0.05) is 22.9 Å². The predicted octanol–water partition coefficient (Wildman–Crippen LogP) is 1.89. The maximum absolute atomic E-state index is 12.3. The van der Waals surface area contributed by atoms with Crippen molar-refractivity contribution in [1.82, 2.24) is 4.90 Å². The highest BCUT2D eigenvalue weighted by molar-refractivity contribution is 9.10. The van der Waals surface area contributed by atoms with E-state index in [-0.39, 0.29) is 10.8 Å². The van der Waals surface area contributed by atoms with Crippen LogP contribution in [0.4, 0.5) is 0 Å². The molecule has 0 saturated carbocycles. The molecule has 0 spiro atoms. The molecular weight excluding hydrogens is 332 g/mol. The minimum absolute atomic E-state index is 0.0323. The van der Waals surface area contributed by atoms with Crippen LogP contribution in [-0.4, -0.2) is 32.8 Å². The molecule has 0 aliphatic carbocycles. The van der Waals surface area contributed by atoms with Crippen molar-refractivity contribution < 1.29 is 13.2 Å². The van der Waals surface area contributed by atoms with Crippen molar-refractivity contribution in [2.24, 2.45) is 5.14 Å². The zero-order valence-corrected chi connectivity index (χ0v) is 13.5. The molecule has 0 aromatic heterocycles. The van der Waals surface area contributed by atoms with Crippen LogP contribution >= 0.6 is 15.9 Å². The summed E-state index contributed by atoms with van der Waals surface area (Å²) in [6.45, 7) is 4.15. The number of primary sulfonamides is 1. The summed E-state index contributed by atoms with van der Waals surface area (Å²) in [5.74, 6) is -0.217. The normalized spacial score (nSPS) is 11.4. The quantitative estimate of drug-likeness (QED) is 0.901. The Balaban J connectivity index is 3.38. The number of carbonyl (C=O) groups is 1. The fourth-order valence-corrected chi connectivity index (χ4v) is 3.25. The third-order valence-corrected chi connectivity index (χ3v) is 4.26. The second kappa shape index (κ2) is 6.02. The molecule has 1 aromatic rings. The summed E-state index contributed by atoms with van der Waals surface area (Å²) in [4.78, 5) is 13.8. The molecule has 0 saturated heterocycles. The second-order valence-electron chi connectivity index (χ2n) is 4.35. The predicted molar refractivity (Wildman–Crippen MR) is 77.5 cm³/mol. The molecule has 0 radical (unpaired) electrons. The zero-order valence-electron chi connectivity index (χ0n) is 11.1. The Bertz CT molecular complexity index is 599. The lowest BCUT2D eigenvalue weighted by molar-refractivity contribution is 0.0794. The topological polar surface area (TPSA) is 80.5 Å². The molecule has 5 nitrogen and oxygen atoms in total. The average molecular weight is 349 g/mol. The van der Waals surface area contributed by atoms with E-state index in [1.165, 1.54) is 6.07 Å². The van der Waals surface area contributed by atoms with Gasteiger partial charge in [-0.3, -0.25) is 4.79 Å². The third-order valence-electron chi connectivity index (χ3n) is 2.77. The van der Waals surface area contributed by atoms with Crippen molar-refractivity contribution in [3.63, 3.8) is 0 Å². The van der Waals surface area contributed by atoms with E-state index in [0.29, 0.717) is 22.1 Å².